The number of carbonyl (C=O) groups is 2. The molecule has 2 amide bonds. The van der Waals surface area contributed by atoms with Gasteiger partial charge in [-0.25, -0.2) is 18.2 Å². The highest BCUT2D eigenvalue weighted by molar-refractivity contribution is 7.93. The third kappa shape index (κ3) is 4.90. The fourth-order valence-electron chi connectivity index (χ4n) is 3.96. The molecule has 4 aromatic rings. The van der Waals surface area contributed by atoms with Crippen LogP contribution in [-0.4, -0.2) is 36.6 Å². The van der Waals surface area contributed by atoms with Crippen LogP contribution in [0.2, 0.25) is 5.02 Å². The Morgan fingerprint density at radius 2 is 1.78 bits per heavy atom. The Morgan fingerprint density at radius 1 is 1.08 bits per heavy atom. The maximum atomic E-state index is 13.6. The van der Waals surface area contributed by atoms with E-state index >= 15 is 0 Å². The van der Waals surface area contributed by atoms with Crippen LogP contribution in [0, 0.1) is 6.92 Å². The molecule has 0 saturated carbocycles. The zero-order valence-electron chi connectivity index (χ0n) is 20.4. The highest BCUT2D eigenvalue weighted by Gasteiger charge is 2.32. The average Bonchev–Trinajstić information content (AvgIpc) is 3.21. The van der Waals surface area contributed by atoms with Gasteiger partial charge in [-0.2, -0.15) is 4.31 Å². The van der Waals surface area contributed by atoms with E-state index in [1.165, 1.54) is 24.3 Å². The Balaban J connectivity index is 1.91. The van der Waals surface area contributed by atoms with Gasteiger partial charge < -0.3 is 10.5 Å². The lowest BCUT2D eigenvalue weighted by atomic mass is 10.2. The summed E-state index contributed by atoms with van der Waals surface area (Å²) in [7, 11) is -4.30. The highest BCUT2D eigenvalue weighted by Crippen LogP contribution is 2.31. The number of hydrogen-bond acceptors (Lipinski definition) is 6. The molecule has 9 nitrogen and oxygen atoms in total. The van der Waals surface area contributed by atoms with Gasteiger partial charge in [0.25, 0.3) is 10.0 Å². The first-order valence-corrected chi connectivity index (χ1v) is 13.3. The molecule has 0 aliphatic rings. The predicted octanol–water partition coefficient (Wildman–Crippen LogP) is 5.00. The Bertz CT molecular complexity index is 1610. The summed E-state index contributed by atoms with van der Waals surface area (Å²) in [6, 6.07) is 15.7. The third-order valence-corrected chi connectivity index (χ3v) is 7.73. The molecule has 3 aromatic carbocycles. The van der Waals surface area contributed by atoms with Gasteiger partial charge in [0.1, 0.15) is 5.82 Å². The number of fused-ring (bicyclic) bond motifs is 1. The number of ether oxygens (including phenoxy) is 1. The van der Waals surface area contributed by atoms with Crippen molar-refractivity contribution >= 4 is 50.3 Å². The quantitative estimate of drug-likeness (QED) is 0.351. The molecule has 0 radical (unpaired) electrons. The number of halogens is 1. The van der Waals surface area contributed by atoms with Crippen molar-refractivity contribution in [3.05, 3.63) is 82.6 Å². The Hall–Kier alpha value is -3.89. The summed E-state index contributed by atoms with van der Waals surface area (Å²) in [6.45, 7) is 5.33. The van der Waals surface area contributed by atoms with Crippen molar-refractivity contribution < 1.29 is 22.7 Å². The van der Waals surface area contributed by atoms with E-state index in [1.807, 2.05) is 13.8 Å². The molecule has 192 valence electrons. The van der Waals surface area contributed by atoms with Crippen LogP contribution in [0.25, 0.3) is 16.7 Å². The number of anilines is 1. The average molecular weight is 541 g/mol. The minimum Gasteiger partial charge on any atom is -0.449 e. The Kier molecular flexibility index (Phi) is 7.24. The van der Waals surface area contributed by atoms with E-state index in [9.17, 15) is 18.0 Å². The van der Waals surface area contributed by atoms with Gasteiger partial charge in [0.15, 0.2) is 0 Å². The van der Waals surface area contributed by atoms with Crippen molar-refractivity contribution in [1.29, 1.82) is 0 Å². The largest absolute Gasteiger partial charge is 0.449 e. The minimum absolute atomic E-state index is 0.00865. The van der Waals surface area contributed by atoms with Gasteiger partial charge in [-0.15, -0.1) is 0 Å². The SMILES string of the molecule is CCOC(=O)N(c1cccc(-n2c(CC)nc3cc(C(N)=O)c(Cl)cc32)c1)S(=O)(=O)c1ccc(C)cc1. The van der Waals surface area contributed by atoms with Crippen molar-refractivity contribution in [2.45, 2.75) is 32.1 Å². The Morgan fingerprint density at radius 3 is 2.41 bits per heavy atom. The number of benzene rings is 3. The smallest absolute Gasteiger partial charge is 0.428 e. The zero-order chi connectivity index (χ0) is 26.9. The van der Waals surface area contributed by atoms with E-state index in [0.717, 1.165) is 5.56 Å². The number of imidazole rings is 1. The van der Waals surface area contributed by atoms with Crippen LogP contribution in [-0.2, 0) is 21.2 Å². The molecule has 0 aliphatic carbocycles. The number of nitrogens with two attached hydrogens (primary N) is 1. The second-order valence-corrected chi connectivity index (χ2v) is 10.4. The minimum atomic E-state index is -4.30. The first kappa shape index (κ1) is 26.2. The van der Waals surface area contributed by atoms with Crippen LogP contribution in [0.3, 0.4) is 0 Å². The fourth-order valence-corrected chi connectivity index (χ4v) is 5.54. The topological polar surface area (TPSA) is 125 Å². The van der Waals surface area contributed by atoms with Gasteiger partial charge in [-0.3, -0.25) is 9.36 Å². The van der Waals surface area contributed by atoms with E-state index < -0.39 is 22.0 Å². The summed E-state index contributed by atoms with van der Waals surface area (Å²) >= 11 is 6.32. The number of nitrogens with zero attached hydrogens (tertiary/aromatic N) is 3. The number of rotatable bonds is 7. The lowest BCUT2D eigenvalue weighted by Crippen LogP contribution is -2.37. The molecule has 2 N–H and O–H groups in total. The van der Waals surface area contributed by atoms with E-state index in [1.54, 1.807) is 47.9 Å². The molecule has 0 unspecified atom stereocenters. The molecular weight excluding hydrogens is 516 g/mol. The zero-order valence-corrected chi connectivity index (χ0v) is 22.0. The van der Waals surface area contributed by atoms with Crippen molar-refractivity contribution in [3.63, 3.8) is 0 Å². The number of sulfonamides is 1. The van der Waals surface area contributed by atoms with E-state index in [-0.39, 0.29) is 27.8 Å². The van der Waals surface area contributed by atoms with Crippen molar-refractivity contribution in [2.24, 2.45) is 5.73 Å². The molecule has 0 aliphatic heterocycles. The van der Waals surface area contributed by atoms with E-state index in [4.69, 9.17) is 22.1 Å². The first-order valence-electron chi connectivity index (χ1n) is 11.5. The van der Waals surface area contributed by atoms with E-state index in [0.29, 0.717) is 33.3 Å². The van der Waals surface area contributed by atoms with Crippen molar-refractivity contribution in [1.82, 2.24) is 9.55 Å². The van der Waals surface area contributed by atoms with Gasteiger partial charge in [-0.05, 0) is 56.3 Å². The molecule has 0 fully saturated rings. The molecule has 1 aromatic heterocycles. The number of hydrogen-bond donors (Lipinski definition) is 1. The number of carbonyl (C=O) groups excluding carboxylic acids is 2. The summed E-state index contributed by atoms with van der Waals surface area (Å²) in [5.74, 6) is -0.0400. The lowest BCUT2D eigenvalue weighted by Gasteiger charge is -2.22. The van der Waals surface area contributed by atoms with Crippen molar-refractivity contribution in [2.75, 3.05) is 10.9 Å². The summed E-state index contributed by atoms with van der Waals surface area (Å²) in [6.07, 6.45) is -0.508. The predicted molar refractivity (Wildman–Crippen MR) is 142 cm³/mol. The van der Waals surface area contributed by atoms with Gasteiger partial charge >= 0.3 is 6.09 Å². The third-order valence-electron chi connectivity index (χ3n) is 5.71. The summed E-state index contributed by atoms with van der Waals surface area (Å²) in [5.41, 5.74) is 8.16. The van der Waals surface area contributed by atoms with Crippen LogP contribution in [0.5, 0.6) is 0 Å². The molecule has 37 heavy (non-hydrogen) atoms. The van der Waals surface area contributed by atoms with E-state index in [2.05, 4.69) is 4.98 Å². The van der Waals surface area contributed by atoms with Crippen LogP contribution < -0.4 is 10.0 Å². The van der Waals surface area contributed by atoms with Crippen LogP contribution >= 0.6 is 11.6 Å². The van der Waals surface area contributed by atoms with Crippen LogP contribution in [0.1, 0.15) is 35.6 Å². The number of aromatic nitrogens is 2. The maximum Gasteiger partial charge on any atom is 0.428 e. The molecule has 0 atom stereocenters. The van der Waals surface area contributed by atoms with Crippen LogP contribution in [0.4, 0.5) is 10.5 Å². The lowest BCUT2D eigenvalue weighted by molar-refractivity contribution is 0.100. The van der Waals surface area contributed by atoms with Crippen molar-refractivity contribution in [3.8, 4) is 5.69 Å². The van der Waals surface area contributed by atoms with Gasteiger partial charge in [0.05, 0.1) is 38.8 Å². The molecule has 0 saturated heterocycles. The molecule has 1 heterocycles. The molecule has 0 bridgehead atoms. The number of primary amides is 1. The second-order valence-electron chi connectivity index (χ2n) is 8.20. The first-order chi connectivity index (χ1) is 17.6. The van der Waals surface area contributed by atoms with Gasteiger partial charge in [-0.1, -0.05) is 42.3 Å². The normalized spacial score (nSPS) is 11.5. The Labute approximate surface area is 219 Å². The van der Waals surface area contributed by atoms with Crippen LogP contribution in [0.15, 0.2) is 65.6 Å². The second kappa shape index (κ2) is 10.2. The molecule has 0 spiro atoms. The van der Waals surface area contributed by atoms with Gasteiger partial charge in [0, 0.05) is 12.1 Å². The molecule has 11 heteroatoms. The maximum absolute atomic E-state index is 13.6. The highest BCUT2D eigenvalue weighted by atomic mass is 35.5. The number of amides is 2. The van der Waals surface area contributed by atoms with Gasteiger partial charge in [0.2, 0.25) is 5.91 Å². The fraction of sp³-hybridized carbons (Fsp3) is 0.192. The molecule has 4 rings (SSSR count). The summed E-state index contributed by atoms with van der Waals surface area (Å²) in [5, 5.41) is 0.162. The molecular formula is C26H25ClN4O5S. The standard InChI is InChI=1S/C26H25ClN4O5S/c1-4-24-29-22-14-20(25(28)32)21(27)15-23(22)30(24)17-7-6-8-18(13-17)31(26(33)36-5-2)37(34,35)19-11-9-16(3)10-12-19/h6-15H,4-5H2,1-3H3,(H2,28,32). The number of aryl methyl sites for hydroxylation is 2. The summed E-state index contributed by atoms with van der Waals surface area (Å²) < 4.78 is 34.7. The summed E-state index contributed by atoms with van der Waals surface area (Å²) in [4.78, 5) is 29.3. The monoisotopic (exact) mass is 540 g/mol.